The third-order valence-corrected chi connectivity index (χ3v) is 8.33. The van der Waals surface area contributed by atoms with Crippen molar-refractivity contribution in [3.8, 4) is 11.1 Å². The van der Waals surface area contributed by atoms with Crippen molar-refractivity contribution in [1.29, 1.82) is 0 Å². The standard InChI is InChI=1S/C37H30N2O/c1-4-32-28-14-10-9-13-27(28)29-18-15-25-16-19-30-31-22-26(24-11-7-6-8-12-24)17-20-35(31)40-37(30)36(25)33(5-2)38-23(3)21-34(29)39-32/h4-14,16-17,19-20,22,29,34H,1-3,15,18,21H2/b38-33-. The Morgan fingerprint density at radius 2 is 1.60 bits per heavy atom. The van der Waals surface area contributed by atoms with Gasteiger partial charge in [0.25, 0.3) is 0 Å². The highest BCUT2D eigenvalue weighted by Gasteiger charge is 2.32. The largest absolute Gasteiger partial charge is 0.455 e. The molecule has 0 aliphatic carbocycles. The second-order valence-corrected chi connectivity index (χ2v) is 10.6. The quantitative estimate of drug-likeness (QED) is 0.235. The Kier molecular flexibility index (Phi) is 5.93. The first-order valence-corrected chi connectivity index (χ1v) is 13.9. The molecule has 0 saturated heterocycles. The third-order valence-electron chi connectivity index (χ3n) is 8.33. The number of rotatable bonds is 3. The molecule has 2 aliphatic rings. The normalized spacial score (nSPS) is 20.1. The van der Waals surface area contributed by atoms with Crippen molar-refractivity contribution < 1.29 is 4.42 Å². The molecule has 0 amide bonds. The number of aliphatic imine (C=N–C) groups is 2. The summed E-state index contributed by atoms with van der Waals surface area (Å²) in [6.45, 7) is 12.5. The molecular formula is C37H30N2O. The molecule has 194 valence electrons. The fraction of sp³-hybridized carbons (Fsp3) is 0.135. The topological polar surface area (TPSA) is 37.9 Å². The van der Waals surface area contributed by atoms with E-state index in [0.29, 0.717) is 6.42 Å². The number of nitrogens with zero attached hydrogens (tertiary/aromatic N) is 2. The molecule has 2 unspecified atom stereocenters. The molecule has 7 rings (SSSR count). The van der Waals surface area contributed by atoms with Crippen LogP contribution in [-0.4, -0.2) is 17.5 Å². The first-order chi connectivity index (χ1) is 19.6. The fourth-order valence-electron chi connectivity index (χ4n) is 6.45. The van der Waals surface area contributed by atoms with Crippen molar-refractivity contribution in [1.82, 2.24) is 0 Å². The summed E-state index contributed by atoms with van der Waals surface area (Å²) in [5.41, 5.74) is 11.4. The van der Waals surface area contributed by atoms with Gasteiger partial charge in [-0.15, -0.1) is 0 Å². The summed E-state index contributed by atoms with van der Waals surface area (Å²) in [5.74, 6) is 0.268. The van der Waals surface area contributed by atoms with E-state index >= 15 is 0 Å². The predicted octanol–water partition coefficient (Wildman–Crippen LogP) is 9.22. The lowest BCUT2D eigenvalue weighted by molar-refractivity contribution is 0.490. The van der Waals surface area contributed by atoms with E-state index in [9.17, 15) is 0 Å². The fourth-order valence-corrected chi connectivity index (χ4v) is 6.45. The van der Waals surface area contributed by atoms with Crippen LogP contribution in [-0.2, 0) is 6.42 Å². The van der Waals surface area contributed by atoms with Crippen molar-refractivity contribution in [3.63, 3.8) is 0 Å². The van der Waals surface area contributed by atoms with Crippen LogP contribution >= 0.6 is 0 Å². The van der Waals surface area contributed by atoms with Gasteiger partial charge in [0.05, 0.1) is 17.5 Å². The lowest BCUT2D eigenvalue weighted by Crippen LogP contribution is -2.27. The molecule has 0 bridgehead atoms. The van der Waals surface area contributed by atoms with Crippen molar-refractivity contribution in [2.24, 2.45) is 9.98 Å². The zero-order chi connectivity index (χ0) is 27.2. The number of benzene rings is 4. The van der Waals surface area contributed by atoms with Crippen LogP contribution in [0.5, 0.6) is 0 Å². The highest BCUT2D eigenvalue weighted by atomic mass is 16.3. The summed E-state index contributed by atoms with van der Waals surface area (Å²) in [4.78, 5) is 10.2. The maximum absolute atomic E-state index is 6.58. The first kappa shape index (κ1) is 24.3. The number of allylic oxidation sites excluding steroid dienone is 2. The molecule has 0 N–H and O–H groups in total. The molecule has 2 aliphatic heterocycles. The Bertz CT molecular complexity index is 1890. The van der Waals surface area contributed by atoms with Gasteiger partial charge in [-0.05, 0) is 59.4 Å². The van der Waals surface area contributed by atoms with Gasteiger partial charge < -0.3 is 4.42 Å². The van der Waals surface area contributed by atoms with Crippen LogP contribution in [0.25, 0.3) is 33.1 Å². The van der Waals surface area contributed by atoms with E-state index in [0.717, 1.165) is 57.5 Å². The van der Waals surface area contributed by atoms with Crippen molar-refractivity contribution in [2.75, 3.05) is 0 Å². The average molecular weight is 519 g/mol. The first-order valence-electron chi connectivity index (χ1n) is 13.9. The van der Waals surface area contributed by atoms with Crippen molar-refractivity contribution in [3.05, 3.63) is 145 Å². The Hall–Kier alpha value is -4.76. The van der Waals surface area contributed by atoms with Gasteiger partial charge in [-0.1, -0.05) is 92.5 Å². The summed E-state index contributed by atoms with van der Waals surface area (Å²) in [6, 6.07) is 30.0. The highest BCUT2D eigenvalue weighted by molar-refractivity contribution is 6.20. The summed E-state index contributed by atoms with van der Waals surface area (Å²) in [5, 5.41) is 2.19. The summed E-state index contributed by atoms with van der Waals surface area (Å²) in [7, 11) is 0. The van der Waals surface area contributed by atoms with Gasteiger partial charge in [0.2, 0.25) is 0 Å². The molecule has 3 heteroatoms. The smallest absolute Gasteiger partial charge is 0.145 e. The second-order valence-electron chi connectivity index (χ2n) is 10.6. The summed E-state index contributed by atoms with van der Waals surface area (Å²) < 4.78 is 6.58. The average Bonchev–Trinajstić information content (AvgIpc) is 3.37. The highest BCUT2D eigenvalue weighted by Crippen LogP contribution is 2.40. The monoisotopic (exact) mass is 518 g/mol. The molecule has 4 aromatic carbocycles. The van der Waals surface area contributed by atoms with Gasteiger partial charge in [-0.25, -0.2) is 0 Å². The van der Waals surface area contributed by atoms with E-state index in [1.54, 1.807) is 0 Å². The molecular weight excluding hydrogens is 488 g/mol. The van der Waals surface area contributed by atoms with E-state index in [1.807, 2.05) is 18.2 Å². The number of furan rings is 1. The van der Waals surface area contributed by atoms with Crippen LogP contribution in [0, 0.1) is 0 Å². The van der Waals surface area contributed by atoms with Gasteiger partial charge in [0.15, 0.2) is 0 Å². The zero-order valence-electron chi connectivity index (χ0n) is 22.4. The van der Waals surface area contributed by atoms with Crippen LogP contribution in [0.4, 0.5) is 0 Å². The molecule has 40 heavy (non-hydrogen) atoms. The minimum Gasteiger partial charge on any atom is -0.455 e. The van der Waals surface area contributed by atoms with Gasteiger partial charge >= 0.3 is 0 Å². The van der Waals surface area contributed by atoms with Crippen molar-refractivity contribution in [2.45, 2.75) is 31.2 Å². The number of fused-ring (bicyclic) bond motifs is 8. The Labute approximate surface area is 234 Å². The second kappa shape index (κ2) is 9.77. The molecule has 1 aromatic heterocycles. The van der Waals surface area contributed by atoms with Crippen LogP contribution in [0.3, 0.4) is 0 Å². The van der Waals surface area contributed by atoms with Gasteiger partial charge in [0, 0.05) is 39.9 Å². The van der Waals surface area contributed by atoms with E-state index in [4.69, 9.17) is 14.4 Å². The van der Waals surface area contributed by atoms with Crippen LogP contribution in [0.1, 0.15) is 41.0 Å². The van der Waals surface area contributed by atoms with Gasteiger partial charge in [0.1, 0.15) is 11.2 Å². The van der Waals surface area contributed by atoms with Crippen LogP contribution in [0.15, 0.2) is 137 Å². The zero-order valence-corrected chi connectivity index (χ0v) is 22.4. The minimum atomic E-state index is 0.0677. The summed E-state index contributed by atoms with van der Waals surface area (Å²) in [6.07, 6.45) is 6.22. The lowest BCUT2D eigenvalue weighted by atomic mass is 9.78. The van der Waals surface area contributed by atoms with Crippen LogP contribution in [0.2, 0.25) is 0 Å². The van der Waals surface area contributed by atoms with E-state index in [1.165, 1.54) is 27.8 Å². The molecule has 0 radical (unpaired) electrons. The SMILES string of the molecule is C=CC1=NC2CC(=C)/N=C(/C=C)c3c(ccc4c3oc3ccc(-c5ccccc5)cc34)CCC2c2ccccc21. The third kappa shape index (κ3) is 3.97. The number of hydrogen-bond donors (Lipinski definition) is 0. The lowest BCUT2D eigenvalue weighted by Gasteiger charge is -2.32. The molecule has 5 aromatic rings. The van der Waals surface area contributed by atoms with E-state index in [2.05, 4.69) is 98.6 Å². The molecule has 3 heterocycles. The molecule has 2 atom stereocenters. The molecule has 3 nitrogen and oxygen atoms in total. The number of aryl methyl sites for hydroxylation is 1. The van der Waals surface area contributed by atoms with Gasteiger partial charge in [-0.3, -0.25) is 9.98 Å². The predicted molar refractivity (Wildman–Crippen MR) is 168 cm³/mol. The maximum Gasteiger partial charge on any atom is 0.145 e. The summed E-state index contributed by atoms with van der Waals surface area (Å²) >= 11 is 0. The minimum absolute atomic E-state index is 0.0677. The van der Waals surface area contributed by atoms with E-state index < -0.39 is 0 Å². The Morgan fingerprint density at radius 3 is 2.42 bits per heavy atom. The Morgan fingerprint density at radius 1 is 0.800 bits per heavy atom. The number of hydrogen-bond acceptors (Lipinski definition) is 3. The van der Waals surface area contributed by atoms with E-state index in [-0.39, 0.29) is 12.0 Å². The van der Waals surface area contributed by atoms with Crippen molar-refractivity contribution >= 4 is 33.4 Å². The molecule has 0 fully saturated rings. The Balaban J connectivity index is 1.39. The van der Waals surface area contributed by atoms with Gasteiger partial charge in [-0.2, -0.15) is 0 Å². The molecule has 0 spiro atoms. The van der Waals surface area contributed by atoms with Crippen LogP contribution < -0.4 is 0 Å². The molecule has 0 saturated carbocycles. The maximum atomic E-state index is 6.58.